The lowest BCUT2D eigenvalue weighted by Gasteiger charge is -2.37. The summed E-state index contributed by atoms with van der Waals surface area (Å²) >= 11 is 6.36. The molecule has 0 radical (unpaired) electrons. The zero-order chi connectivity index (χ0) is 35.9. The quantitative estimate of drug-likeness (QED) is 0.0463. The maximum absolute atomic E-state index is 10.7. The smallest absolute Gasteiger partial charge is 0.417 e. The summed E-state index contributed by atoms with van der Waals surface area (Å²) < 4.78 is 18.4. The van der Waals surface area contributed by atoms with Crippen molar-refractivity contribution in [2.24, 2.45) is 0 Å². The molecule has 0 aliphatic heterocycles. The average Bonchev–Trinajstić information content (AvgIpc) is 3.15. The molecule has 12 heteroatoms. The predicted molar refractivity (Wildman–Crippen MR) is 197 cm³/mol. The number of hydrogen-bond donors (Lipinski definition) is 0. The van der Waals surface area contributed by atoms with Gasteiger partial charge in [0.1, 0.15) is 11.0 Å². The molecule has 0 fully saturated rings. The molecular formula is C38H43BBr2N2O7. The molecule has 3 aromatic carbocycles. The highest BCUT2D eigenvalue weighted by molar-refractivity contribution is 9.09. The molecule has 2 aromatic heterocycles. The van der Waals surface area contributed by atoms with Crippen molar-refractivity contribution >= 4 is 39.2 Å². The largest absolute Gasteiger partial charge is 0.871 e. The first-order valence-corrected chi connectivity index (χ1v) is 18.5. The maximum Gasteiger partial charge on any atom is 0.417 e. The van der Waals surface area contributed by atoms with E-state index in [0.29, 0.717) is 42.4 Å². The molecule has 5 rings (SSSR count). The fourth-order valence-corrected chi connectivity index (χ4v) is 5.74. The van der Waals surface area contributed by atoms with Crippen molar-refractivity contribution < 1.29 is 43.3 Å². The van der Waals surface area contributed by atoms with Crippen LogP contribution in [0.1, 0.15) is 43.4 Å². The highest BCUT2D eigenvalue weighted by Gasteiger charge is 2.35. The number of benzene rings is 3. The molecule has 50 heavy (non-hydrogen) atoms. The normalized spacial score (nSPS) is 10.4. The molecular weight excluding hydrogens is 767 g/mol. The molecule has 0 aliphatic rings. The molecule has 0 bridgehead atoms. The molecule has 0 N–H and O–H groups in total. The van der Waals surface area contributed by atoms with Crippen LogP contribution in [0.25, 0.3) is 0 Å². The first-order valence-electron chi connectivity index (χ1n) is 16.2. The fraction of sp³-hybridized carbons (Fsp3) is 0.263. The maximum atomic E-state index is 10.7. The van der Waals surface area contributed by atoms with E-state index in [4.69, 9.17) is 23.8 Å². The van der Waals surface area contributed by atoms with Crippen LogP contribution in [0.15, 0.2) is 140 Å². The van der Waals surface area contributed by atoms with Gasteiger partial charge in [-0.05, 0) is 87.4 Å². The first kappa shape index (κ1) is 40.5. The van der Waals surface area contributed by atoms with Gasteiger partial charge in [-0.3, -0.25) is 9.68 Å². The monoisotopic (exact) mass is 808 g/mol. The Morgan fingerprint density at radius 2 is 0.960 bits per heavy atom. The van der Waals surface area contributed by atoms with Crippen LogP contribution in [-0.2, 0) is 10.1 Å². The lowest BCUT2D eigenvalue weighted by atomic mass is 9.67. The van der Waals surface area contributed by atoms with Gasteiger partial charge in [-0.25, -0.2) is 0 Å². The first-order chi connectivity index (χ1) is 24.5. The van der Waals surface area contributed by atoms with E-state index in [1.54, 1.807) is 9.46 Å². The Balaban J connectivity index is 0.000000234. The number of alkyl halides is 2. The van der Waals surface area contributed by atoms with E-state index in [9.17, 15) is 10.0 Å². The minimum absolute atomic E-state index is 0.159. The fourth-order valence-electron chi connectivity index (χ4n) is 5.27. The number of halogens is 2. The summed E-state index contributed by atoms with van der Waals surface area (Å²) in [6.45, 7) is 5.25. The van der Waals surface area contributed by atoms with Crippen molar-refractivity contribution in [1.29, 1.82) is 0 Å². The van der Waals surface area contributed by atoms with Gasteiger partial charge < -0.3 is 24.2 Å². The summed E-state index contributed by atoms with van der Waals surface area (Å²) in [7, 11) is -2.23. The van der Waals surface area contributed by atoms with Crippen molar-refractivity contribution in [3.05, 3.63) is 156 Å². The average molecular weight is 810 g/mol. The molecule has 0 atom stereocenters. The van der Waals surface area contributed by atoms with E-state index >= 15 is 0 Å². The van der Waals surface area contributed by atoms with E-state index in [1.807, 2.05) is 117 Å². The Hall–Kier alpha value is -3.94. The van der Waals surface area contributed by atoms with Gasteiger partial charge in [0.15, 0.2) is 13.2 Å². The second-order valence-electron chi connectivity index (χ2n) is 10.3. The van der Waals surface area contributed by atoms with Crippen molar-refractivity contribution in [2.45, 2.75) is 32.1 Å². The van der Waals surface area contributed by atoms with Gasteiger partial charge in [0, 0.05) is 33.6 Å². The lowest BCUT2D eigenvalue weighted by Crippen LogP contribution is -2.48. The van der Waals surface area contributed by atoms with Crippen LogP contribution >= 0.6 is 31.9 Å². The SMILES string of the molecule is CCO[n+]1ccccc1OCBr.CCO[n+]1ccccc1OCBr.[O-]B([O-])OCCCC(c1ccccc1)(c1ccccc1)c1ccccc1. The summed E-state index contributed by atoms with van der Waals surface area (Å²) in [5, 5.41) is 21.4. The van der Waals surface area contributed by atoms with Gasteiger partial charge in [-0.15, -0.1) is 0 Å². The van der Waals surface area contributed by atoms with Crippen molar-refractivity contribution in [1.82, 2.24) is 0 Å². The second kappa shape index (κ2) is 23.5. The second-order valence-corrected chi connectivity index (χ2v) is 11.3. The van der Waals surface area contributed by atoms with Crippen LogP contribution in [0, 0.1) is 0 Å². The zero-order valence-corrected chi connectivity index (χ0v) is 31.5. The molecule has 0 unspecified atom stereocenters. The third-order valence-electron chi connectivity index (χ3n) is 7.27. The number of ether oxygens (including phenoxy) is 2. The van der Waals surface area contributed by atoms with E-state index < -0.39 is 7.32 Å². The number of hydrogen-bond acceptors (Lipinski definition) is 7. The Labute approximate surface area is 312 Å². The number of aromatic nitrogens is 2. The Bertz CT molecular complexity index is 1410. The summed E-state index contributed by atoms with van der Waals surface area (Å²) in [4.78, 5) is 10.5. The Morgan fingerprint density at radius 1 is 0.580 bits per heavy atom. The molecule has 0 aliphatic carbocycles. The zero-order valence-electron chi connectivity index (χ0n) is 28.3. The molecule has 0 saturated heterocycles. The summed E-state index contributed by atoms with van der Waals surface area (Å²) in [6, 6.07) is 42.3. The van der Waals surface area contributed by atoms with Gasteiger partial charge in [0.05, 0.1) is 19.5 Å². The predicted octanol–water partition coefficient (Wildman–Crippen LogP) is 4.83. The van der Waals surface area contributed by atoms with Crippen LogP contribution in [-0.4, -0.2) is 38.2 Å². The van der Waals surface area contributed by atoms with E-state index in [1.165, 1.54) is 16.7 Å². The highest BCUT2D eigenvalue weighted by Crippen LogP contribution is 2.42. The summed E-state index contributed by atoms with van der Waals surface area (Å²) in [6.07, 6.45) is 4.96. The summed E-state index contributed by atoms with van der Waals surface area (Å²) in [5.74, 6) is 1.38. The van der Waals surface area contributed by atoms with Crippen LogP contribution in [0.4, 0.5) is 0 Å². The molecule has 9 nitrogen and oxygen atoms in total. The van der Waals surface area contributed by atoms with E-state index in [2.05, 4.69) is 68.3 Å². The number of rotatable bonds is 16. The van der Waals surface area contributed by atoms with Crippen molar-refractivity contribution in [3.63, 3.8) is 0 Å². The van der Waals surface area contributed by atoms with Gasteiger partial charge in [-0.1, -0.05) is 91.0 Å². The molecule has 264 valence electrons. The van der Waals surface area contributed by atoms with Crippen molar-refractivity contribution in [2.75, 3.05) is 30.9 Å². The van der Waals surface area contributed by atoms with Gasteiger partial charge in [0.25, 0.3) is 0 Å². The number of pyridine rings is 2. The number of nitrogens with zero attached hydrogens (tertiary/aromatic N) is 2. The van der Waals surface area contributed by atoms with Gasteiger partial charge in [0.2, 0.25) is 12.4 Å². The molecule has 0 saturated carbocycles. The van der Waals surface area contributed by atoms with Crippen molar-refractivity contribution in [3.8, 4) is 11.8 Å². The minimum atomic E-state index is -2.23. The third kappa shape index (κ3) is 12.7. The topological polar surface area (TPSA) is 100 Å². The molecule has 0 spiro atoms. The minimum Gasteiger partial charge on any atom is -0.871 e. The van der Waals surface area contributed by atoms with Gasteiger partial charge >= 0.3 is 11.8 Å². The Morgan fingerprint density at radius 3 is 1.30 bits per heavy atom. The van der Waals surface area contributed by atoms with Crippen LogP contribution < -0.4 is 38.7 Å². The molecule has 5 aromatic rings. The third-order valence-corrected chi connectivity index (χ3v) is 7.73. The molecule has 2 heterocycles. The standard InChI is InChI=1S/C22H21BO3.2C8H11BrNO2/c24-23(25)26-18-10-17-22(19-11-4-1-5-12-19,20-13-6-2-7-14-20)21-15-8-3-9-16-21;2*1-2-12-10-6-4-3-5-8(10)11-7-9/h1-9,11-16H,10,17-18H2;2*3-6H,2,7H2,1H3/q-2;2*+1. The van der Waals surface area contributed by atoms with Crippen LogP contribution in [0.5, 0.6) is 11.8 Å². The van der Waals surface area contributed by atoms with E-state index in [-0.39, 0.29) is 12.0 Å². The lowest BCUT2D eigenvalue weighted by molar-refractivity contribution is -0.892. The highest BCUT2D eigenvalue weighted by atomic mass is 79.9. The summed E-state index contributed by atoms with van der Waals surface area (Å²) in [5.41, 5.74) is 4.09. The molecule has 0 amide bonds. The van der Waals surface area contributed by atoms with Crippen LogP contribution in [0.2, 0.25) is 0 Å². The Kier molecular flexibility index (Phi) is 19.0. The van der Waals surface area contributed by atoms with Crippen LogP contribution in [0.3, 0.4) is 0 Å². The van der Waals surface area contributed by atoms with E-state index in [0.717, 1.165) is 6.42 Å². The van der Waals surface area contributed by atoms with Gasteiger partial charge in [-0.2, -0.15) is 0 Å².